The maximum atomic E-state index is 11.4. The number of carbonyl (C=O) groups excluding carboxylic acids is 1. The van der Waals surface area contributed by atoms with Crippen LogP contribution in [0.3, 0.4) is 0 Å². The molecule has 0 saturated heterocycles. The summed E-state index contributed by atoms with van der Waals surface area (Å²) in [6.45, 7) is 1.44. The van der Waals surface area contributed by atoms with Crippen LogP contribution in [0.4, 0.5) is 11.5 Å². The number of hydrogen-bond donors (Lipinski definition) is 2. The lowest BCUT2D eigenvalue weighted by molar-refractivity contribution is -0.114. The molecule has 1 amide bonds. The quantitative estimate of drug-likeness (QED) is 0.900. The highest BCUT2D eigenvalue weighted by atomic mass is 79.9. The Balaban J connectivity index is 2.72. The Morgan fingerprint density at radius 3 is 2.70 bits per heavy atom. The minimum absolute atomic E-state index is 0.190. The molecule has 7 heteroatoms. The SMILES string of the molecule is COc1ccc(Br)c(-c2cnn(C)c2N)c1NC(C)=O. The van der Waals surface area contributed by atoms with E-state index < -0.39 is 0 Å². The maximum Gasteiger partial charge on any atom is 0.221 e. The lowest BCUT2D eigenvalue weighted by atomic mass is 10.1. The van der Waals surface area contributed by atoms with Crippen molar-refractivity contribution in [3.63, 3.8) is 0 Å². The van der Waals surface area contributed by atoms with Crippen LogP contribution in [-0.2, 0) is 11.8 Å². The van der Waals surface area contributed by atoms with Gasteiger partial charge in [0, 0.05) is 29.6 Å². The van der Waals surface area contributed by atoms with Gasteiger partial charge in [0.05, 0.1) is 19.0 Å². The zero-order valence-corrected chi connectivity index (χ0v) is 13.0. The van der Waals surface area contributed by atoms with Gasteiger partial charge in [0.2, 0.25) is 5.91 Å². The molecular formula is C13H15BrN4O2. The molecule has 6 nitrogen and oxygen atoms in total. The van der Waals surface area contributed by atoms with Gasteiger partial charge in [-0.1, -0.05) is 15.9 Å². The first-order valence-electron chi connectivity index (χ1n) is 5.87. The molecule has 0 aliphatic rings. The molecule has 106 valence electrons. The van der Waals surface area contributed by atoms with Gasteiger partial charge in [0.25, 0.3) is 0 Å². The van der Waals surface area contributed by atoms with Gasteiger partial charge in [-0.05, 0) is 12.1 Å². The van der Waals surface area contributed by atoms with Gasteiger partial charge in [-0.25, -0.2) is 0 Å². The van der Waals surface area contributed by atoms with Crippen LogP contribution >= 0.6 is 15.9 Å². The molecular weight excluding hydrogens is 324 g/mol. The van der Waals surface area contributed by atoms with Crippen molar-refractivity contribution in [2.24, 2.45) is 7.05 Å². The molecule has 1 heterocycles. The summed E-state index contributed by atoms with van der Waals surface area (Å²) in [5.74, 6) is 0.873. The van der Waals surface area contributed by atoms with E-state index in [1.54, 1.807) is 31.1 Å². The van der Waals surface area contributed by atoms with E-state index in [1.165, 1.54) is 6.92 Å². The molecule has 0 spiro atoms. The fourth-order valence-corrected chi connectivity index (χ4v) is 2.48. The predicted octanol–water partition coefficient (Wildman–Crippen LogP) is 2.40. The molecule has 0 radical (unpaired) electrons. The highest BCUT2D eigenvalue weighted by Gasteiger charge is 2.19. The summed E-state index contributed by atoms with van der Waals surface area (Å²) in [7, 11) is 3.30. The van der Waals surface area contributed by atoms with E-state index in [2.05, 4.69) is 26.3 Å². The second-order valence-corrected chi connectivity index (χ2v) is 5.10. The fourth-order valence-electron chi connectivity index (χ4n) is 1.93. The van der Waals surface area contributed by atoms with Crippen molar-refractivity contribution in [2.45, 2.75) is 6.92 Å². The Morgan fingerprint density at radius 1 is 1.50 bits per heavy atom. The first kappa shape index (κ1) is 14.4. The molecule has 0 aliphatic heterocycles. The summed E-state index contributed by atoms with van der Waals surface area (Å²) >= 11 is 3.48. The summed E-state index contributed by atoms with van der Waals surface area (Å²) in [5.41, 5.74) is 8.05. The monoisotopic (exact) mass is 338 g/mol. The number of nitrogens with zero attached hydrogens (tertiary/aromatic N) is 2. The number of nitrogens with one attached hydrogen (secondary N) is 1. The van der Waals surface area contributed by atoms with Gasteiger partial charge in [0.1, 0.15) is 11.6 Å². The zero-order valence-electron chi connectivity index (χ0n) is 11.4. The summed E-state index contributed by atoms with van der Waals surface area (Å²) < 4.78 is 7.67. The van der Waals surface area contributed by atoms with Crippen molar-refractivity contribution >= 4 is 33.3 Å². The molecule has 0 saturated carbocycles. The molecule has 0 atom stereocenters. The number of ether oxygens (including phenoxy) is 1. The second-order valence-electron chi connectivity index (χ2n) is 4.25. The normalized spacial score (nSPS) is 10.4. The lowest BCUT2D eigenvalue weighted by Gasteiger charge is -2.15. The van der Waals surface area contributed by atoms with Crippen LogP contribution in [0.2, 0.25) is 0 Å². The topological polar surface area (TPSA) is 82.2 Å². The van der Waals surface area contributed by atoms with Crippen LogP contribution in [0, 0.1) is 0 Å². The number of anilines is 2. The molecule has 20 heavy (non-hydrogen) atoms. The van der Waals surface area contributed by atoms with E-state index in [0.717, 1.165) is 15.6 Å². The first-order chi connectivity index (χ1) is 9.45. The van der Waals surface area contributed by atoms with Gasteiger partial charge in [-0.2, -0.15) is 5.10 Å². The molecule has 0 bridgehead atoms. The molecule has 0 unspecified atom stereocenters. The molecule has 2 aromatic rings. The van der Waals surface area contributed by atoms with Crippen LogP contribution < -0.4 is 15.8 Å². The van der Waals surface area contributed by atoms with E-state index in [0.29, 0.717) is 17.3 Å². The van der Waals surface area contributed by atoms with Crippen LogP contribution in [0.15, 0.2) is 22.8 Å². The smallest absolute Gasteiger partial charge is 0.221 e. The van der Waals surface area contributed by atoms with Gasteiger partial charge < -0.3 is 15.8 Å². The minimum Gasteiger partial charge on any atom is -0.495 e. The van der Waals surface area contributed by atoms with Crippen LogP contribution in [0.5, 0.6) is 5.75 Å². The Morgan fingerprint density at radius 2 is 2.20 bits per heavy atom. The number of halogens is 1. The van der Waals surface area contributed by atoms with Crippen LogP contribution in [0.25, 0.3) is 11.1 Å². The maximum absolute atomic E-state index is 11.4. The van der Waals surface area contributed by atoms with E-state index in [4.69, 9.17) is 10.5 Å². The number of aryl methyl sites for hydroxylation is 1. The fraction of sp³-hybridized carbons (Fsp3) is 0.231. The number of benzene rings is 1. The number of carbonyl (C=O) groups is 1. The molecule has 0 fully saturated rings. The number of amides is 1. The Bertz CT molecular complexity index is 667. The Hall–Kier alpha value is -2.02. The largest absolute Gasteiger partial charge is 0.495 e. The molecule has 0 aliphatic carbocycles. The molecule has 2 rings (SSSR count). The van der Waals surface area contributed by atoms with Crippen molar-refractivity contribution < 1.29 is 9.53 Å². The van der Waals surface area contributed by atoms with Crippen molar-refractivity contribution in [1.82, 2.24) is 9.78 Å². The van der Waals surface area contributed by atoms with Crippen molar-refractivity contribution in [3.8, 4) is 16.9 Å². The third kappa shape index (κ3) is 2.49. The standard InChI is InChI=1S/C13H15BrN4O2/c1-7(19)17-12-10(20-3)5-4-9(14)11(12)8-6-16-18(2)13(8)15/h4-6H,15H2,1-3H3,(H,17,19). The van der Waals surface area contributed by atoms with Gasteiger partial charge in [-0.15, -0.1) is 0 Å². The van der Waals surface area contributed by atoms with Crippen molar-refractivity contribution in [3.05, 3.63) is 22.8 Å². The molecule has 1 aromatic heterocycles. The number of rotatable bonds is 3. The van der Waals surface area contributed by atoms with E-state index in [1.807, 2.05) is 6.07 Å². The Kier molecular flexibility index (Phi) is 3.99. The number of nitrogen functional groups attached to an aromatic ring is 1. The molecule has 1 aromatic carbocycles. The van der Waals surface area contributed by atoms with E-state index in [9.17, 15) is 4.79 Å². The average Bonchev–Trinajstić information content (AvgIpc) is 2.71. The molecule has 3 N–H and O–H groups in total. The number of aromatic nitrogens is 2. The van der Waals surface area contributed by atoms with Gasteiger partial charge in [-0.3, -0.25) is 9.48 Å². The summed E-state index contributed by atoms with van der Waals surface area (Å²) in [4.78, 5) is 11.4. The summed E-state index contributed by atoms with van der Waals surface area (Å²) in [6, 6.07) is 3.61. The van der Waals surface area contributed by atoms with Gasteiger partial charge >= 0.3 is 0 Å². The van der Waals surface area contributed by atoms with E-state index >= 15 is 0 Å². The van der Waals surface area contributed by atoms with Gasteiger partial charge in [0.15, 0.2) is 0 Å². The second kappa shape index (κ2) is 5.54. The summed E-state index contributed by atoms with van der Waals surface area (Å²) in [6.07, 6.45) is 1.65. The highest BCUT2D eigenvalue weighted by molar-refractivity contribution is 9.10. The number of nitrogens with two attached hydrogens (primary N) is 1. The average molecular weight is 339 g/mol. The number of hydrogen-bond acceptors (Lipinski definition) is 4. The highest BCUT2D eigenvalue weighted by Crippen LogP contribution is 2.43. The lowest BCUT2D eigenvalue weighted by Crippen LogP contribution is -2.09. The van der Waals surface area contributed by atoms with E-state index in [-0.39, 0.29) is 5.91 Å². The van der Waals surface area contributed by atoms with Crippen molar-refractivity contribution in [2.75, 3.05) is 18.2 Å². The van der Waals surface area contributed by atoms with Crippen molar-refractivity contribution in [1.29, 1.82) is 0 Å². The predicted molar refractivity (Wildman–Crippen MR) is 81.6 cm³/mol. The number of methoxy groups -OCH3 is 1. The zero-order chi connectivity index (χ0) is 14.9. The van der Waals surface area contributed by atoms with Crippen LogP contribution in [0.1, 0.15) is 6.92 Å². The third-order valence-corrected chi connectivity index (χ3v) is 3.55. The van der Waals surface area contributed by atoms with Crippen LogP contribution in [-0.4, -0.2) is 22.8 Å². The first-order valence-corrected chi connectivity index (χ1v) is 6.67. The minimum atomic E-state index is -0.190. The Labute approximate surface area is 125 Å². The summed E-state index contributed by atoms with van der Waals surface area (Å²) in [5, 5.41) is 6.91. The third-order valence-electron chi connectivity index (χ3n) is 2.89.